The van der Waals surface area contributed by atoms with Crippen molar-refractivity contribution in [3.8, 4) is 11.8 Å². The van der Waals surface area contributed by atoms with Crippen molar-refractivity contribution >= 4 is 6.29 Å². The molecule has 0 heterocycles. The summed E-state index contributed by atoms with van der Waals surface area (Å²) < 4.78 is 0. The maximum absolute atomic E-state index is 11.2. The first-order valence-electron chi connectivity index (χ1n) is 5.58. The van der Waals surface area contributed by atoms with Crippen LogP contribution in [0.25, 0.3) is 0 Å². The molecule has 0 radical (unpaired) electrons. The van der Waals surface area contributed by atoms with Crippen LogP contribution in [-0.2, 0) is 4.79 Å². The van der Waals surface area contributed by atoms with E-state index in [0.717, 1.165) is 25.7 Å². The molecule has 0 aliphatic heterocycles. The lowest BCUT2D eigenvalue weighted by Gasteiger charge is -2.35. The standard InChI is InChI=1S/C13H20O/c1-3-4-5-8-13(11-14)9-6-7-12(2)10-13/h11-12H,5-10H2,1-2H3. The Morgan fingerprint density at radius 1 is 1.57 bits per heavy atom. The molecule has 1 aliphatic carbocycles. The second kappa shape index (κ2) is 5.20. The zero-order valence-corrected chi connectivity index (χ0v) is 9.31. The van der Waals surface area contributed by atoms with E-state index in [4.69, 9.17) is 0 Å². The molecule has 1 rings (SSSR count). The van der Waals surface area contributed by atoms with Crippen LogP contribution in [0.2, 0.25) is 0 Å². The normalized spacial score (nSPS) is 31.7. The number of rotatable bonds is 3. The van der Waals surface area contributed by atoms with Gasteiger partial charge in [-0.3, -0.25) is 0 Å². The lowest BCUT2D eigenvalue weighted by Crippen LogP contribution is -2.29. The van der Waals surface area contributed by atoms with Crippen molar-refractivity contribution in [1.29, 1.82) is 0 Å². The fourth-order valence-corrected chi connectivity index (χ4v) is 2.53. The second-order valence-corrected chi connectivity index (χ2v) is 4.61. The molecular formula is C13H20O. The molecule has 0 aromatic carbocycles. The highest BCUT2D eigenvalue weighted by Gasteiger charge is 2.33. The van der Waals surface area contributed by atoms with E-state index < -0.39 is 0 Å². The predicted octanol–water partition coefficient (Wildman–Crippen LogP) is 3.19. The Bertz CT molecular complexity index is 246. The van der Waals surface area contributed by atoms with Crippen LogP contribution < -0.4 is 0 Å². The van der Waals surface area contributed by atoms with Crippen LogP contribution in [0.15, 0.2) is 0 Å². The van der Waals surface area contributed by atoms with Crippen LogP contribution in [0.1, 0.15) is 52.4 Å². The van der Waals surface area contributed by atoms with E-state index in [2.05, 4.69) is 18.8 Å². The third-order valence-electron chi connectivity index (χ3n) is 3.30. The van der Waals surface area contributed by atoms with Gasteiger partial charge in [-0.2, -0.15) is 0 Å². The van der Waals surface area contributed by atoms with Crippen LogP contribution in [0, 0.1) is 23.2 Å². The highest BCUT2D eigenvalue weighted by molar-refractivity contribution is 5.59. The maximum atomic E-state index is 11.2. The number of carbonyl (C=O) groups excluding carboxylic acids is 1. The van der Waals surface area contributed by atoms with Crippen LogP contribution >= 0.6 is 0 Å². The number of aldehydes is 1. The molecule has 0 spiro atoms. The van der Waals surface area contributed by atoms with E-state index in [1.165, 1.54) is 19.1 Å². The monoisotopic (exact) mass is 192 g/mol. The molecule has 0 amide bonds. The van der Waals surface area contributed by atoms with Gasteiger partial charge in [0.15, 0.2) is 0 Å². The minimum absolute atomic E-state index is 0.0402. The SMILES string of the molecule is CC#CCCC1(C=O)CCCC(C)C1. The molecule has 2 atom stereocenters. The highest BCUT2D eigenvalue weighted by atomic mass is 16.1. The quantitative estimate of drug-likeness (QED) is 0.496. The second-order valence-electron chi connectivity index (χ2n) is 4.61. The summed E-state index contributed by atoms with van der Waals surface area (Å²) in [6.07, 6.45) is 7.67. The summed E-state index contributed by atoms with van der Waals surface area (Å²) >= 11 is 0. The predicted molar refractivity (Wildman–Crippen MR) is 58.8 cm³/mol. The smallest absolute Gasteiger partial charge is 0.126 e. The average molecular weight is 192 g/mol. The largest absolute Gasteiger partial charge is 0.303 e. The van der Waals surface area contributed by atoms with Gasteiger partial charge >= 0.3 is 0 Å². The van der Waals surface area contributed by atoms with Crippen molar-refractivity contribution in [2.24, 2.45) is 11.3 Å². The Balaban J connectivity index is 2.54. The maximum Gasteiger partial charge on any atom is 0.126 e. The van der Waals surface area contributed by atoms with Crippen LogP contribution in [0.3, 0.4) is 0 Å². The highest BCUT2D eigenvalue weighted by Crippen LogP contribution is 2.40. The van der Waals surface area contributed by atoms with Crippen molar-refractivity contribution in [3.05, 3.63) is 0 Å². The molecule has 0 bridgehead atoms. The summed E-state index contributed by atoms with van der Waals surface area (Å²) in [5.74, 6) is 6.67. The first-order chi connectivity index (χ1) is 6.72. The molecule has 1 saturated carbocycles. The van der Waals surface area contributed by atoms with Gasteiger partial charge in [0.25, 0.3) is 0 Å². The topological polar surface area (TPSA) is 17.1 Å². The van der Waals surface area contributed by atoms with Gasteiger partial charge in [-0.05, 0) is 32.1 Å². The Labute approximate surface area is 87.3 Å². The molecule has 0 saturated heterocycles. The number of hydrogen-bond donors (Lipinski definition) is 0. The first-order valence-corrected chi connectivity index (χ1v) is 5.58. The van der Waals surface area contributed by atoms with Gasteiger partial charge in [0.2, 0.25) is 0 Å². The third kappa shape index (κ3) is 2.87. The van der Waals surface area contributed by atoms with E-state index >= 15 is 0 Å². The van der Waals surface area contributed by atoms with Gasteiger partial charge < -0.3 is 4.79 Å². The molecule has 1 aliphatic rings. The van der Waals surface area contributed by atoms with Gasteiger partial charge in [0, 0.05) is 11.8 Å². The zero-order chi connectivity index (χ0) is 10.4. The fourth-order valence-electron chi connectivity index (χ4n) is 2.53. The van der Waals surface area contributed by atoms with Gasteiger partial charge in [-0.15, -0.1) is 11.8 Å². The Kier molecular flexibility index (Phi) is 4.20. The van der Waals surface area contributed by atoms with E-state index in [0.29, 0.717) is 5.92 Å². The summed E-state index contributed by atoms with van der Waals surface area (Å²) in [5, 5.41) is 0. The molecule has 1 nitrogen and oxygen atoms in total. The lowest BCUT2D eigenvalue weighted by molar-refractivity contribution is -0.119. The van der Waals surface area contributed by atoms with Gasteiger partial charge in [0.1, 0.15) is 6.29 Å². The minimum Gasteiger partial charge on any atom is -0.303 e. The summed E-state index contributed by atoms with van der Waals surface area (Å²) in [6.45, 7) is 4.11. The van der Waals surface area contributed by atoms with Gasteiger partial charge in [0.05, 0.1) is 0 Å². The van der Waals surface area contributed by atoms with Crippen LogP contribution in [0.4, 0.5) is 0 Å². The van der Waals surface area contributed by atoms with Crippen LogP contribution in [-0.4, -0.2) is 6.29 Å². The average Bonchev–Trinajstić information content (AvgIpc) is 2.18. The first kappa shape index (κ1) is 11.3. The Morgan fingerprint density at radius 2 is 2.36 bits per heavy atom. The molecule has 78 valence electrons. The number of hydrogen-bond acceptors (Lipinski definition) is 1. The van der Waals surface area contributed by atoms with Gasteiger partial charge in [-0.25, -0.2) is 0 Å². The van der Waals surface area contributed by atoms with E-state index in [-0.39, 0.29) is 5.41 Å². The van der Waals surface area contributed by atoms with E-state index in [1.54, 1.807) is 0 Å². The molecule has 2 unspecified atom stereocenters. The minimum atomic E-state index is -0.0402. The molecule has 0 N–H and O–H groups in total. The zero-order valence-electron chi connectivity index (χ0n) is 9.31. The molecule has 1 heteroatoms. The Hall–Kier alpha value is -0.770. The molecule has 0 aromatic rings. The summed E-state index contributed by atoms with van der Waals surface area (Å²) in [7, 11) is 0. The molecular weight excluding hydrogens is 172 g/mol. The van der Waals surface area contributed by atoms with Crippen molar-refractivity contribution < 1.29 is 4.79 Å². The number of carbonyl (C=O) groups is 1. The molecule has 0 aromatic heterocycles. The lowest BCUT2D eigenvalue weighted by atomic mass is 9.69. The van der Waals surface area contributed by atoms with E-state index in [1.807, 2.05) is 6.92 Å². The summed E-state index contributed by atoms with van der Waals surface area (Å²) in [4.78, 5) is 11.2. The van der Waals surface area contributed by atoms with Crippen molar-refractivity contribution in [3.63, 3.8) is 0 Å². The third-order valence-corrected chi connectivity index (χ3v) is 3.30. The van der Waals surface area contributed by atoms with Gasteiger partial charge in [-0.1, -0.05) is 19.8 Å². The summed E-state index contributed by atoms with van der Waals surface area (Å²) in [6, 6.07) is 0. The van der Waals surface area contributed by atoms with Crippen molar-refractivity contribution in [2.75, 3.05) is 0 Å². The molecule has 14 heavy (non-hydrogen) atoms. The van der Waals surface area contributed by atoms with E-state index in [9.17, 15) is 4.79 Å². The van der Waals surface area contributed by atoms with Crippen molar-refractivity contribution in [2.45, 2.75) is 52.4 Å². The van der Waals surface area contributed by atoms with Crippen LogP contribution in [0.5, 0.6) is 0 Å². The summed E-state index contributed by atoms with van der Waals surface area (Å²) in [5.41, 5.74) is -0.0402. The Morgan fingerprint density at radius 3 is 2.93 bits per heavy atom. The van der Waals surface area contributed by atoms with Crippen molar-refractivity contribution in [1.82, 2.24) is 0 Å². The fraction of sp³-hybridized carbons (Fsp3) is 0.769. The molecule has 1 fully saturated rings.